The fourth-order valence-electron chi connectivity index (χ4n) is 1.56. The van der Waals surface area contributed by atoms with Crippen molar-refractivity contribution in [2.45, 2.75) is 6.10 Å². The van der Waals surface area contributed by atoms with Crippen LogP contribution in [-0.2, 0) is 4.79 Å². The first kappa shape index (κ1) is 12.6. The molecule has 1 N–H and O–H groups in total. The van der Waals surface area contributed by atoms with Crippen molar-refractivity contribution in [1.29, 1.82) is 0 Å². The first-order chi connectivity index (χ1) is 8.68. The highest BCUT2D eigenvalue weighted by molar-refractivity contribution is 9.10. The maximum atomic E-state index is 11.3. The van der Waals surface area contributed by atoms with Crippen LogP contribution < -0.4 is 4.74 Å². The summed E-state index contributed by atoms with van der Waals surface area (Å²) in [6.07, 6.45) is -1.01. The number of para-hydroxylation sites is 1. The number of carboxylic acid groups (broad SMARTS) is 1. The molecule has 0 amide bonds. The quantitative estimate of drug-likeness (QED) is 0.938. The Morgan fingerprint density at radius 1 is 1.06 bits per heavy atom. The average Bonchev–Trinajstić information content (AvgIpc) is 2.38. The van der Waals surface area contributed by atoms with Crippen LogP contribution in [0.2, 0.25) is 0 Å². The smallest absolute Gasteiger partial charge is 0.349 e. The van der Waals surface area contributed by atoms with Crippen LogP contribution in [0.15, 0.2) is 59.1 Å². The minimum absolute atomic E-state index is 0.508. The molecule has 0 fully saturated rings. The maximum absolute atomic E-state index is 11.3. The average molecular weight is 307 g/mol. The number of carboxylic acids is 1. The van der Waals surface area contributed by atoms with Gasteiger partial charge in [-0.15, -0.1) is 0 Å². The minimum atomic E-state index is -1.02. The highest BCUT2D eigenvalue weighted by Gasteiger charge is 2.22. The van der Waals surface area contributed by atoms with E-state index in [0.29, 0.717) is 11.3 Å². The molecule has 2 rings (SSSR count). The fraction of sp³-hybridized carbons (Fsp3) is 0.0714. The first-order valence-electron chi connectivity index (χ1n) is 5.37. The maximum Gasteiger partial charge on any atom is 0.349 e. The molecule has 0 aliphatic heterocycles. The Morgan fingerprint density at radius 3 is 2.28 bits per heavy atom. The lowest BCUT2D eigenvalue weighted by Crippen LogP contribution is -2.18. The summed E-state index contributed by atoms with van der Waals surface area (Å²) < 4.78 is 6.28. The van der Waals surface area contributed by atoms with E-state index in [4.69, 9.17) is 4.74 Å². The zero-order valence-electron chi connectivity index (χ0n) is 9.42. The molecule has 92 valence electrons. The molecule has 0 aliphatic rings. The molecule has 1 atom stereocenters. The zero-order chi connectivity index (χ0) is 13.0. The molecule has 2 aromatic rings. The Labute approximate surface area is 113 Å². The third-order valence-corrected chi connectivity index (χ3v) is 3.06. The van der Waals surface area contributed by atoms with Crippen LogP contribution in [0.4, 0.5) is 0 Å². The van der Waals surface area contributed by atoms with Gasteiger partial charge >= 0.3 is 5.97 Å². The lowest BCUT2D eigenvalue weighted by molar-refractivity contribution is -0.145. The SMILES string of the molecule is O=C(O)C(Oc1ccccc1Br)c1ccccc1. The van der Waals surface area contributed by atoms with Crippen LogP contribution in [0.25, 0.3) is 0 Å². The number of ether oxygens (including phenoxy) is 1. The third kappa shape index (κ3) is 2.90. The second kappa shape index (κ2) is 5.69. The monoisotopic (exact) mass is 306 g/mol. The van der Waals surface area contributed by atoms with Gasteiger partial charge in [-0.2, -0.15) is 0 Å². The number of halogens is 1. The molecule has 2 aromatic carbocycles. The lowest BCUT2D eigenvalue weighted by atomic mass is 10.1. The van der Waals surface area contributed by atoms with Crippen LogP contribution in [0.5, 0.6) is 5.75 Å². The molecule has 0 heterocycles. The molecule has 4 heteroatoms. The Kier molecular flexibility index (Phi) is 3.99. The normalized spacial score (nSPS) is 11.8. The minimum Gasteiger partial charge on any atom is -0.478 e. The molecule has 0 radical (unpaired) electrons. The van der Waals surface area contributed by atoms with E-state index < -0.39 is 12.1 Å². The van der Waals surface area contributed by atoms with Crippen LogP contribution in [-0.4, -0.2) is 11.1 Å². The third-order valence-electron chi connectivity index (χ3n) is 2.41. The molecule has 0 saturated heterocycles. The molecule has 0 aliphatic carbocycles. The molecule has 1 unspecified atom stereocenters. The molecule has 0 saturated carbocycles. The number of hydrogen-bond acceptors (Lipinski definition) is 2. The van der Waals surface area contributed by atoms with Crippen molar-refractivity contribution < 1.29 is 14.6 Å². The molecule has 0 bridgehead atoms. The summed E-state index contributed by atoms with van der Waals surface area (Å²) in [7, 11) is 0. The lowest BCUT2D eigenvalue weighted by Gasteiger charge is -2.16. The predicted molar refractivity (Wildman–Crippen MR) is 71.6 cm³/mol. The summed E-state index contributed by atoms with van der Waals surface area (Å²) in [4.78, 5) is 11.3. The van der Waals surface area contributed by atoms with E-state index >= 15 is 0 Å². The van der Waals surface area contributed by atoms with Gasteiger partial charge in [-0.05, 0) is 28.1 Å². The Hall–Kier alpha value is -1.81. The van der Waals surface area contributed by atoms with E-state index in [-0.39, 0.29) is 0 Å². The van der Waals surface area contributed by atoms with Crippen molar-refractivity contribution >= 4 is 21.9 Å². The van der Waals surface area contributed by atoms with Crippen LogP contribution in [0.3, 0.4) is 0 Å². The van der Waals surface area contributed by atoms with E-state index in [1.807, 2.05) is 12.1 Å². The van der Waals surface area contributed by atoms with E-state index in [9.17, 15) is 9.90 Å². The van der Waals surface area contributed by atoms with Crippen molar-refractivity contribution in [2.75, 3.05) is 0 Å². The molecule has 18 heavy (non-hydrogen) atoms. The molecule has 0 aromatic heterocycles. The van der Waals surface area contributed by atoms with Gasteiger partial charge in [-0.1, -0.05) is 42.5 Å². The van der Waals surface area contributed by atoms with Crippen molar-refractivity contribution in [1.82, 2.24) is 0 Å². The Morgan fingerprint density at radius 2 is 1.67 bits per heavy atom. The van der Waals surface area contributed by atoms with Crippen molar-refractivity contribution in [3.63, 3.8) is 0 Å². The number of carbonyl (C=O) groups is 1. The second-order valence-corrected chi connectivity index (χ2v) is 4.53. The van der Waals surface area contributed by atoms with Crippen LogP contribution in [0.1, 0.15) is 11.7 Å². The van der Waals surface area contributed by atoms with Gasteiger partial charge in [0.2, 0.25) is 6.10 Å². The fourth-order valence-corrected chi connectivity index (χ4v) is 1.93. The summed E-state index contributed by atoms with van der Waals surface area (Å²) in [5.41, 5.74) is 0.612. The number of aliphatic carboxylic acids is 1. The molecular formula is C14H11BrO3. The van der Waals surface area contributed by atoms with E-state index in [2.05, 4.69) is 15.9 Å². The molecule has 3 nitrogen and oxygen atoms in total. The number of rotatable bonds is 4. The second-order valence-electron chi connectivity index (χ2n) is 3.68. The van der Waals surface area contributed by atoms with Gasteiger partial charge in [0.1, 0.15) is 5.75 Å². The summed E-state index contributed by atoms with van der Waals surface area (Å²) in [5.74, 6) is -0.509. The van der Waals surface area contributed by atoms with E-state index in [0.717, 1.165) is 4.47 Å². The summed E-state index contributed by atoms with van der Waals surface area (Å²) >= 11 is 3.33. The molecule has 0 spiro atoms. The summed E-state index contributed by atoms with van der Waals surface area (Å²) in [6.45, 7) is 0. The first-order valence-corrected chi connectivity index (χ1v) is 6.16. The number of hydrogen-bond donors (Lipinski definition) is 1. The highest BCUT2D eigenvalue weighted by atomic mass is 79.9. The largest absolute Gasteiger partial charge is 0.478 e. The zero-order valence-corrected chi connectivity index (χ0v) is 11.0. The Bertz CT molecular complexity index is 540. The predicted octanol–water partition coefficient (Wildman–Crippen LogP) is 3.65. The van der Waals surface area contributed by atoms with E-state index in [1.165, 1.54) is 0 Å². The standard InChI is InChI=1S/C14H11BrO3/c15-11-8-4-5-9-12(11)18-13(14(16)17)10-6-2-1-3-7-10/h1-9,13H,(H,16,17). The van der Waals surface area contributed by atoms with Crippen LogP contribution in [0, 0.1) is 0 Å². The molecular weight excluding hydrogens is 296 g/mol. The highest BCUT2D eigenvalue weighted by Crippen LogP contribution is 2.29. The van der Waals surface area contributed by atoms with Crippen molar-refractivity contribution in [3.8, 4) is 5.75 Å². The van der Waals surface area contributed by atoms with Gasteiger partial charge in [0.15, 0.2) is 0 Å². The van der Waals surface area contributed by atoms with Gasteiger partial charge < -0.3 is 9.84 Å². The number of benzene rings is 2. The topological polar surface area (TPSA) is 46.5 Å². The van der Waals surface area contributed by atoms with Crippen LogP contribution >= 0.6 is 15.9 Å². The van der Waals surface area contributed by atoms with Crippen molar-refractivity contribution in [3.05, 3.63) is 64.6 Å². The van der Waals surface area contributed by atoms with Gasteiger partial charge in [-0.3, -0.25) is 0 Å². The Balaban J connectivity index is 2.28. The van der Waals surface area contributed by atoms with Gasteiger partial charge in [0.25, 0.3) is 0 Å². The van der Waals surface area contributed by atoms with Gasteiger partial charge in [0, 0.05) is 5.56 Å². The van der Waals surface area contributed by atoms with Gasteiger partial charge in [-0.25, -0.2) is 4.79 Å². The van der Waals surface area contributed by atoms with E-state index in [1.54, 1.807) is 42.5 Å². The van der Waals surface area contributed by atoms with Crippen molar-refractivity contribution in [2.24, 2.45) is 0 Å². The summed E-state index contributed by atoms with van der Waals surface area (Å²) in [6, 6.07) is 16.0. The summed E-state index contributed by atoms with van der Waals surface area (Å²) in [5, 5.41) is 9.24. The van der Waals surface area contributed by atoms with Gasteiger partial charge in [0.05, 0.1) is 4.47 Å².